The molecule has 12 N–H and O–H groups in total. The molecule has 3 saturated carbocycles. The molecule has 17 atom stereocenters. The monoisotopic (exact) mass is 1200 g/mol. The lowest BCUT2D eigenvalue weighted by Gasteiger charge is -2.60. The van der Waals surface area contributed by atoms with Crippen molar-refractivity contribution >= 4 is 74.9 Å². The Labute approximate surface area is 461 Å². The first-order valence-corrected chi connectivity index (χ1v) is 31.9. The molecule has 27 nitrogen and oxygen atoms in total. The van der Waals surface area contributed by atoms with Crippen molar-refractivity contribution < 1.29 is 95.5 Å². The van der Waals surface area contributed by atoms with E-state index in [1.165, 1.54) is 13.8 Å². The molecule has 444 valence electrons. The van der Waals surface area contributed by atoms with Crippen LogP contribution in [0.5, 0.6) is 0 Å². The van der Waals surface area contributed by atoms with E-state index in [-0.39, 0.29) is 69.9 Å². The zero-order chi connectivity index (χ0) is 58.2. The van der Waals surface area contributed by atoms with Crippen LogP contribution in [0.1, 0.15) is 112 Å². The van der Waals surface area contributed by atoms with Gasteiger partial charge in [-0.2, -0.15) is 4.31 Å². The standard InChI is InChI=1S/C48H76N7O20P3S/c1-25(29-8-9-30-36-31(12-15-48(29,30)6)47(5)14-11-28(56)19-27(47)20-33(36)58)7-10-32(57)26(2)45(63)79-18-17-50-35(59)13-16-51-43(62)40(61)46(3,4)22-72-78(69,70)75-77(67,68)71-21-34-39(74-76(64,65)66)38(60)44(73-34)55-24-54-37-41(49)52-23-53-42(37)55/h19,23-26,29-34,36,38-40,44,57-58,60-61H,7-18,20-22H2,1-6H3,(H,50,59)(H,51,62)(H,67,68)(H,69,70)(H2,49,52,53)(H2,64,65,66)/t25-,26-,29-,30+,31+,32-,33-,34-,36+,38-,39-,40+,44-,47+,48-/m1/s1. The maximum Gasteiger partial charge on any atom is 0.481 e. The van der Waals surface area contributed by atoms with Crippen molar-refractivity contribution in [1.82, 2.24) is 30.2 Å². The minimum atomic E-state index is -5.61. The molecule has 0 aromatic carbocycles. The van der Waals surface area contributed by atoms with Crippen LogP contribution in [0.4, 0.5) is 5.82 Å². The van der Waals surface area contributed by atoms with Crippen LogP contribution in [0.3, 0.4) is 0 Å². The number of aliphatic hydroxyl groups is 4. The Bertz CT molecular complexity index is 2750. The third-order valence-electron chi connectivity index (χ3n) is 17.4. The Morgan fingerprint density at radius 3 is 2.38 bits per heavy atom. The number of nitrogen functional groups attached to an aromatic ring is 1. The maximum absolute atomic E-state index is 13.1. The summed E-state index contributed by atoms with van der Waals surface area (Å²) in [6.07, 6.45) is 0.820. The number of hydrogen-bond donors (Lipinski definition) is 11. The van der Waals surface area contributed by atoms with Gasteiger partial charge in [0.1, 0.15) is 36.3 Å². The van der Waals surface area contributed by atoms with Crippen molar-refractivity contribution in [2.75, 3.05) is 37.8 Å². The molecule has 1 saturated heterocycles. The highest BCUT2D eigenvalue weighted by molar-refractivity contribution is 8.13. The Morgan fingerprint density at radius 2 is 1.67 bits per heavy atom. The van der Waals surface area contributed by atoms with Crippen LogP contribution in [-0.4, -0.2) is 151 Å². The molecule has 4 fully saturated rings. The largest absolute Gasteiger partial charge is 0.481 e. The average molecular weight is 1200 g/mol. The number of phosphoric ester groups is 3. The highest BCUT2D eigenvalue weighted by Gasteiger charge is 2.62. The Hall–Kier alpha value is -3.11. The van der Waals surface area contributed by atoms with E-state index in [9.17, 15) is 72.9 Å². The number of imidazole rings is 1. The number of fused-ring (bicyclic) bond motifs is 6. The first-order chi connectivity index (χ1) is 36.8. The quantitative estimate of drug-likeness (QED) is 0.0502. The van der Waals surface area contributed by atoms with Gasteiger partial charge in [0.15, 0.2) is 28.6 Å². The predicted octanol–water partition coefficient (Wildman–Crippen LogP) is 3.20. The lowest BCUT2D eigenvalue weighted by atomic mass is 9.45. The van der Waals surface area contributed by atoms with E-state index in [0.29, 0.717) is 42.9 Å². The van der Waals surface area contributed by atoms with Gasteiger partial charge in [-0.25, -0.2) is 28.6 Å². The number of hydrogen-bond acceptors (Lipinski definition) is 21. The summed E-state index contributed by atoms with van der Waals surface area (Å²) in [5.74, 6) is -0.100. The second-order valence-electron chi connectivity index (χ2n) is 23.0. The molecule has 2 aromatic heterocycles. The number of rotatable bonds is 25. The van der Waals surface area contributed by atoms with Crippen molar-refractivity contribution in [1.29, 1.82) is 0 Å². The van der Waals surface area contributed by atoms with Crippen LogP contribution >= 0.6 is 35.2 Å². The molecule has 2 unspecified atom stereocenters. The van der Waals surface area contributed by atoms with E-state index < -0.39 is 103 Å². The number of carbonyl (C=O) groups is 4. The summed E-state index contributed by atoms with van der Waals surface area (Å²) in [5, 5.41) is 49.2. The van der Waals surface area contributed by atoms with Crippen LogP contribution in [0.25, 0.3) is 11.2 Å². The third-order valence-corrected chi connectivity index (χ3v) is 21.5. The van der Waals surface area contributed by atoms with Crippen LogP contribution in [-0.2, 0) is 55.5 Å². The molecule has 7 rings (SSSR count). The molecule has 0 bridgehead atoms. The second-order valence-corrected chi connectivity index (χ2v) is 28.3. The molecule has 31 heteroatoms. The summed E-state index contributed by atoms with van der Waals surface area (Å²) in [7, 11) is -16.5. The van der Waals surface area contributed by atoms with Gasteiger partial charge in [-0.05, 0) is 97.9 Å². The van der Waals surface area contributed by atoms with Gasteiger partial charge < -0.3 is 61.1 Å². The van der Waals surface area contributed by atoms with Crippen LogP contribution in [0.2, 0.25) is 0 Å². The minimum absolute atomic E-state index is 0.0221. The van der Waals surface area contributed by atoms with E-state index in [2.05, 4.69) is 55.2 Å². The summed E-state index contributed by atoms with van der Waals surface area (Å²) < 4.78 is 62.7. The van der Waals surface area contributed by atoms with Gasteiger partial charge in [-0.3, -0.25) is 37.3 Å². The first-order valence-electron chi connectivity index (χ1n) is 26.4. The SMILES string of the molecule is C[C@H](CC[C@@H](O)[C@@H](C)C(=O)SCCNC(=O)CCNC(=O)[C@H](O)C(C)(C)COP(=O)(O)OP(=O)(O)OC[C@H]1O[C@@H](n2cnc3c(N)ncnc32)[C@H](O)[C@@H]1OP(=O)(O)O)[C@H]1CC[C@H]2[C@@H]3[C@H](O)CC4=CC(=O)CC[C@]4(C)[C@H]3CC[C@]12C. The number of anilines is 1. The second kappa shape index (κ2) is 25.0. The van der Waals surface area contributed by atoms with Crippen LogP contribution in [0, 0.1) is 51.8 Å². The van der Waals surface area contributed by atoms with Crippen molar-refractivity contribution in [2.24, 2.45) is 51.8 Å². The fraction of sp³-hybridized carbons (Fsp3) is 0.771. The Morgan fingerprint density at radius 1 is 0.962 bits per heavy atom. The van der Waals surface area contributed by atoms with Gasteiger partial charge in [0.2, 0.25) is 11.8 Å². The Kier molecular flexibility index (Phi) is 20.1. The number of carbonyl (C=O) groups excluding carboxylic acids is 4. The number of amides is 2. The lowest BCUT2D eigenvalue weighted by molar-refractivity contribution is -0.137. The van der Waals surface area contributed by atoms with Gasteiger partial charge in [-0.1, -0.05) is 58.9 Å². The maximum atomic E-state index is 13.1. The van der Waals surface area contributed by atoms with Gasteiger partial charge in [0.25, 0.3) is 0 Å². The van der Waals surface area contributed by atoms with Gasteiger partial charge in [0, 0.05) is 37.1 Å². The fourth-order valence-electron chi connectivity index (χ4n) is 13.0. The summed E-state index contributed by atoms with van der Waals surface area (Å²) >= 11 is 0.992. The van der Waals surface area contributed by atoms with Crippen molar-refractivity contribution in [3.63, 3.8) is 0 Å². The summed E-state index contributed by atoms with van der Waals surface area (Å²) in [6, 6.07) is 0. The number of ketones is 1. The van der Waals surface area contributed by atoms with Crippen LogP contribution in [0.15, 0.2) is 24.3 Å². The third kappa shape index (κ3) is 14.6. The Balaban J connectivity index is 0.776. The molecule has 5 aliphatic rings. The molecule has 79 heavy (non-hydrogen) atoms. The molecule has 2 aromatic rings. The number of nitrogens with one attached hydrogen (secondary N) is 2. The lowest BCUT2D eigenvalue weighted by Crippen LogP contribution is -2.55. The molecule has 2 amide bonds. The van der Waals surface area contributed by atoms with E-state index in [1.807, 2.05) is 6.08 Å². The molecule has 3 heterocycles. The van der Waals surface area contributed by atoms with Crippen LogP contribution < -0.4 is 16.4 Å². The van der Waals surface area contributed by atoms with Gasteiger partial charge in [-0.15, -0.1) is 0 Å². The molecular weight excluding hydrogens is 1120 g/mol. The number of phosphoric acid groups is 3. The number of ether oxygens (including phenoxy) is 1. The molecular formula is C48H76N7O20P3S. The smallest absolute Gasteiger partial charge is 0.392 e. The highest BCUT2D eigenvalue weighted by atomic mass is 32.2. The number of nitrogens with two attached hydrogens (primary N) is 1. The number of nitrogens with zero attached hydrogens (tertiary/aromatic N) is 4. The first kappa shape index (κ1) is 63.5. The van der Waals surface area contributed by atoms with E-state index in [4.69, 9.17) is 19.5 Å². The molecule has 0 radical (unpaired) electrons. The molecule has 0 spiro atoms. The highest BCUT2D eigenvalue weighted by Crippen LogP contribution is 2.68. The normalized spacial score (nSPS) is 32.1. The minimum Gasteiger partial charge on any atom is -0.392 e. The molecule has 4 aliphatic carbocycles. The van der Waals surface area contributed by atoms with E-state index in [1.54, 1.807) is 6.92 Å². The summed E-state index contributed by atoms with van der Waals surface area (Å²) in [4.78, 5) is 102. The van der Waals surface area contributed by atoms with Gasteiger partial charge in [0.05, 0.1) is 37.7 Å². The zero-order valence-corrected chi connectivity index (χ0v) is 48.4. The van der Waals surface area contributed by atoms with Gasteiger partial charge >= 0.3 is 23.5 Å². The topological polar surface area (TPSA) is 421 Å². The number of thioether (sulfide) groups is 1. The predicted molar refractivity (Wildman–Crippen MR) is 282 cm³/mol. The van der Waals surface area contributed by atoms with Crippen molar-refractivity contribution in [2.45, 2.75) is 149 Å². The fourth-order valence-corrected chi connectivity index (χ4v) is 16.6. The van der Waals surface area contributed by atoms with Crippen molar-refractivity contribution in [3.8, 4) is 0 Å². The summed E-state index contributed by atoms with van der Waals surface area (Å²) in [6.45, 7) is 8.93. The molecule has 1 aliphatic heterocycles. The zero-order valence-electron chi connectivity index (χ0n) is 44.9. The van der Waals surface area contributed by atoms with Crippen molar-refractivity contribution in [3.05, 3.63) is 24.3 Å². The van der Waals surface area contributed by atoms with E-state index in [0.717, 1.165) is 73.1 Å². The number of aliphatic hydroxyl groups excluding tert-OH is 4. The van der Waals surface area contributed by atoms with E-state index >= 15 is 0 Å². The summed E-state index contributed by atoms with van der Waals surface area (Å²) in [5.41, 5.74) is 5.39. The average Bonchev–Trinajstić information content (AvgIpc) is 4.08. The number of aromatic nitrogens is 4.